The minimum atomic E-state index is -0.0110. The van der Waals surface area contributed by atoms with Crippen LogP contribution in [0, 0.1) is 12.7 Å². The molecule has 1 aromatic rings. The van der Waals surface area contributed by atoms with E-state index in [-0.39, 0.29) is 5.82 Å². The Bertz CT molecular complexity index is 260. The van der Waals surface area contributed by atoms with Crippen molar-refractivity contribution in [2.45, 2.75) is 26.2 Å². The summed E-state index contributed by atoms with van der Waals surface area (Å²) in [7, 11) is 0. The van der Waals surface area contributed by atoms with Crippen molar-refractivity contribution in [2.75, 3.05) is 0 Å². The lowest BCUT2D eigenvalue weighted by Crippen LogP contribution is -1.90. The van der Waals surface area contributed by atoms with Gasteiger partial charge in [-0.1, -0.05) is 6.07 Å². The Kier molecular flexibility index (Phi) is 1.45. The lowest BCUT2D eigenvalue weighted by Gasteiger charge is -2.03. The van der Waals surface area contributed by atoms with Gasteiger partial charge in [-0.2, -0.15) is 0 Å². The molecule has 1 aliphatic carbocycles. The molecule has 0 spiro atoms. The Hall–Kier alpha value is -0.850. The Labute approximate surface area is 66.1 Å². The molecule has 0 fully saturated rings. The Balaban J connectivity index is 2.64. The Morgan fingerprint density at radius 3 is 2.64 bits per heavy atom. The summed E-state index contributed by atoms with van der Waals surface area (Å²) < 4.78 is 13.1. The van der Waals surface area contributed by atoms with Crippen LogP contribution in [-0.2, 0) is 12.8 Å². The van der Waals surface area contributed by atoms with Crippen molar-refractivity contribution in [2.24, 2.45) is 0 Å². The zero-order chi connectivity index (χ0) is 7.84. The molecular weight excluding hydrogens is 139 g/mol. The van der Waals surface area contributed by atoms with Crippen LogP contribution >= 0.6 is 0 Å². The molecule has 0 unspecified atom stereocenters. The predicted molar refractivity (Wildman–Crippen MR) is 43.2 cm³/mol. The van der Waals surface area contributed by atoms with Crippen molar-refractivity contribution in [1.29, 1.82) is 0 Å². The van der Waals surface area contributed by atoms with Crippen LogP contribution in [0.3, 0.4) is 0 Å². The fourth-order valence-corrected chi connectivity index (χ4v) is 1.84. The predicted octanol–water partition coefficient (Wildman–Crippen LogP) is 2.62. The van der Waals surface area contributed by atoms with Gasteiger partial charge in [0, 0.05) is 0 Å². The first kappa shape index (κ1) is 6.84. The summed E-state index contributed by atoms with van der Waals surface area (Å²) in [6.45, 7) is 2.06. The summed E-state index contributed by atoms with van der Waals surface area (Å²) in [4.78, 5) is 0. The highest BCUT2D eigenvalue weighted by atomic mass is 19.1. The molecule has 0 amide bonds. The van der Waals surface area contributed by atoms with Gasteiger partial charge in [-0.25, -0.2) is 4.39 Å². The lowest BCUT2D eigenvalue weighted by atomic mass is 10.0. The van der Waals surface area contributed by atoms with Gasteiger partial charge < -0.3 is 0 Å². The highest BCUT2D eigenvalue weighted by molar-refractivity contribution is 5.38. The zero-order valence-corrected chi connectivity index (χ0v) is 6.65. The largest absolute Gasteiger partial charge is 0.207 e. The average molecular weight is 150 g/mol. The molecule has 0 saturated heterocycles. The number of benzene rings is 1. The second-order valence-electron chi connectivity index (χ2n) is 3.17. The summed E-state index contributed by atoms with van der Waals surface area (Å²) in [6, 6.07) is 3.46. The van der Waals surface area contributed by atoms with E-state index < -0.39 is 0 Å². The van der Waals surface area contributed by atoms with Crippen LogP contribution in [0.1, 0.15) is 23.1 Å². The molecule has 0 heterocycles. The van der Waals surface area contributed by atoms with E-state index >= 15 is 0 Å². The SMILES string of the molecule is Cc1ccc(F)c2c1CCC2. The van der Waals surface area contributed by atoms with Gasteiger partial charge in [0.25, 0.3) is 0 Å². The Morgan fingerprint density at radius 1 is 1.18 bits per heavy atom. The van der Waals surface area contributed by atoms with Crippen molar-refractivity contribution in [1.82, 2.24) is 0 Å². The standard InChI is InChI=1S/C10H11F/c1-7-5-6-10(11)9-4-2-3-8(7)9/h5-6H,2-4H2,1H3. The Morgan fingerprint density at radius 2 is 1.91 bits per heavy atom. The van der Waals surface area contributed by atoms with Crippen molar-refractivity contribution >= 4 is 0 Å². The third-order valence-electron chi connectivity index (χ3n) is 2.46. The van der Waals surface area contributed by atoms with Crippen molar-refractivity contribution in [3.8, 4) is 0 Å². The van der Waals surface area contributed by atoms with Crippen molar-refractivity contribution in [3.63, 3.8) is 0 Å². The smallest absolute Gasteiger partial charge is 0.126 e. The van der Waals surface area contributed by atoms with E-state index in [0.29, 0.717) is 0 Å². The summed E-state index contributed by atoms with van der Waals surface area (Å²) in [5.41, 5.74) is 3.47. The topological polar surface area (TPSA) is 0 Å². The quantitative estimate of drug-likeness (QED) is 0.533. The van der Waals surface area contributed by atoms with Crippen LogP contribution in [0.15, 0.2) is 12.1 Å². The number of rotatable bonds is 0. The number of hydrogen-bond donors (Lipinski definition) is 0. The van der Waals surface area contributed by atoms with Crippen molar-refractivity contribution < 1.29 is 4.39 Å². The van der Waals surface area contributed by atoms with Crippen LogP contribution in [0.2, 0.25) is 0 Å². The van der Waals surface area contributed by atoms with Gasteiger partial charge in [-0.15, -0.1) is 0 Å². The first-order valence-corrected chi connectivity index (χ1v) is 4.06. The number of halogens is 1. The fraction of sp³-hybridized carbons (Fsp3) is 0.400. The molecule has 0 aliphatic heterocycles. The maximum atomic E-state index is 13.1. The summed E-state index contributed by atoms with van der Waals surface area (Å²) in [5.74, 6) is -0.0110. The van der Waals surface area contributed by atoms with Crippen LogP contribution in [0.25, 0.3) is 0 Å². The van der Waals surface area contributed by atoms with Crippen LogP contribution in [-0.4, -0.2) is 0 Å². The number of hydrogen-bond acceptors (Lipinski definition) is 0. The molecule has 0 N–H and O–H groups in total. The van der Waals surface area contributed by atoms with Gasteiger partial charge >= 0.3 is 0 Å². The molecule has 0 nitrogen and oxygen atoms in total. The van der Waals surface area contributed by atoms with Crippen LogP contribution in [0.4, 0.5) is 4.39 Å². The molecular formula is C10H11F. The van der Waals surface area contributed by atoms with Crippen molar-refractivity contribution in [3.05, 3.63) is 34.6 Å². The summed E-state index contributed by atoms with van der Waals surface area (Å²) in [5, 5.41) is 0. The van der Waals surface area contributed by atoms with E-state index in [4.69, 9.17) is 0 Å². The molecule has 58 valence electrons. The molecule has 0 bridgehead atoms. The average Bonchev–Trinajstić information content (AvgIpc) is 2.45. The maximum absolute atomic E-state index is 13.1. The van der Waals surface area contributed by atoms with Crippen LogP contribution in [0.5, 0.6) is 0 Å². The second-order valence-corrected chi connectivity index (χ2v) is 3.17. The third-order valence-corrected chi connectivity index (χ3v) is 2.46. The molecule has 1 aliphatic rings. The van der Waals surface area contributed by atoms with Gasteiger partial charge in [0.1, 0.15) is 5.82 Å². The summed E-state index contributed by atoms with van der Waals surface area (Å²) in [6.07, 6.45) is 3.12. The number of aryl methyl sites for hydroxylation is 1. The van der Waals surface area contributed by atoms with Gasteiger partial charge in [0.05, 0.1) is 0 Å². The molecule has 11 heavy (non-hydrogen) atoms. The third kappa shape index (κ3) is 0.953. The molecule has 1 heteroatoms. The van der Waals surface area contributed by atoms with E-state index in [1.807, 2.05) is 6.07 Å². The van der Waals surface area contributed by atoms with Crippen LogP contribution < -0.4 is 0 Å². The van der Waals surface area contributed by atoms with E-state index in [1.165, 1.54) is 11.1 Å². The van der Waals surface area contributed by atoms with Gasteiger partial charge in [-0.05, 0) is 48.9 Å². The normalized spacial score (nSPS) is 15.1. The first-order chi connectivity index (χ1) is 5.29. The second kappa shape index (κ2) is 2.33. The first-order valence-electron chi connectivity index (χ1n) is 4.06. The van der Waals surface area contributed by atoms with E-state index in [9.17, 15) is 4.39 Å². The molecule has 2 rings (SSSR count). The lowest BCUT2D eigenvalue weighted by molar-refractivity contribution is 0.612. The minimum absolute atomic E-state index is 0.0110. The molecule has 0 aromatic heterocycles. The van der Waals surface area contributed by atoms with E-state index in [2.05, 4.69) is 6.92 Å². The highest BCUT2D eigenvalue weighted by Gasteiger charge is 2.16. The molecule has 0 radical (unpaired) electrons. The fourth-order valence-electron chi connectivity index (χ4n) is 1.84. The molecule has 0 saturated carbocycles. The molecule has 1 aromatic carbocycles. The van der Waals surface area contributed by atoms with Gasteiger partial charge in [0.2, 0.25) is 0 Å². The maximum Gasteiger partial charge on any atom is 0.126 e. The summed E-state index contributed by atoms with van der Waals surface area (Å²) >= 11 is 0. The highest BCUT2D eigenvalue weighted by Crippen LogP contribution is 2.26. The zero-order valence-electron chi connectivity index (χ0n) is 6.65. The van der Waals surface area contributed by atoms with Gasteiger partial charge in [-0.3, -0.25) is 0 Å². The van der Waals surface area contributed by atoms with E-state index in [1.54, 1.807) is 6.07 Å². The monoisotopic (exact) mass is 150 g/mol. The molecule has 0 atom stereocenters. The number of fused-ring (bicyclic) bond motifs is 1. The minimum Gasteiger partial charge on any atom is -0.207 e. The van der Waals surface area contributed by atoms with Gasteiger partial charge in [0.15, 0.2) is 0 Å². The van der Waals surface area contributed by atoms with E-state index in [0.717, 1.165) is 24.8 Å².